The van der Waals surface area contributed by atoms with Crippen LogP contribution in [0.1, 0.15) is 38.8 Å². The van der Waals surface area contributed by atoms with Crippen molar-refractivity contribution in [3.05, 3.63) is 58.2 Å². The number of aryl methyl sites for hydroxylation is 5. The lowest BCUT2D eigenvalue weighted by Crippen LogP contribution is -2.17. The predicted molar refractivity (Wildman–Crippen MR) is 99.9 cm³/mol. The van der Waals surface area contributed by atoms with Crippen LogP contribution in [0.25, 0.3) is 0 Å². The largest absolute Gasteiger partial charge is 0.360 e. The van der Waals surface area contributed by atoms with E-state index in [1.807, 2.05) is 32.9 Å². The Bertz CT molecular complexity index is 955. The van der Waals surface area contributed by atoms with Crippen LogP contribution in [0.3, 0.4) is 0 Å². The van der Waals surface area contributed by atoms with Gasteiger partial charge in [-0.1, -0.05) is 22.9 Å². The lowest BCUT2D eigenvalue weighted by Gasteiger charge is -2.13. The third kappa shape index (κ3) is 3.88. The first-order valence-corrected chi connectivity index (χ1v) is 8.27. The molecule has 0 fully saturated rings. The maximum Gasteiger partial charge on any atom is 0.274 e. The fourth-order valence-corrected chi connectivity index (χ4v) is 2.86. The summed E-state index contributed by atoms with van der Waals surface area (Å²) in [6, 6.07) is 7.41. The number of hydrogen-bond donors (Lipinski definition) is 2. The molecular formula is C19H21N5O2. The van der Waals surface area contributed by atoms with Gasteiger partial charge in [0.15, 0.2) is 5.82 Å². The monoisotopic (exact) mass is 351 g/mol. The van der Waals surface area contributed by atoms with Crippen LogP contribution in [0.15, 0.2) is 28.8 Å². The highest BCUT2D eigenvalue weighted by Crippen LogP contribution is 2.23. The molecular weight excluding hydrogens is 330 g/mol. The third-order valence-corrected chi connectivity index (χ3v) is 3.87. The number of carbonyl (C=O) groups is 1. The van der Waals surface area contributed by atoms with Crippen molar-refractivity contribution in [1.29, 1.82) is 0 Å². The Morgan fingerprint density at radius 3 is 2.23 bits per heavy atom. The second kappa shape index (κ2) is 6.95. The van der Waals surface area contributed by atoms with E-state index in [0.29, 0.717) is 23.2 Å². The van der Waals surface area contributed by atoms with Gasteiger partial charge in [-0.15, -0.1) is 0 Å². The Morgan fingerprint density at radius 2 is 1.62 bits per heavy atom. The summed E-state index contributed by atoms with van der Waals surface area (Å²) in [5.74, 6) is 1.88. The van der Waals surface area contributed by atoms with E-state index >= 15 is 0 Å². The lowest BCUT2D eigenvalue weighted by molar-refractivity contribution is 0.102. The van der Waals surface area contributed by atoms with Crippen molar-refractivity contribution in [3.8, 4) is 0 Å². The normalized spacial score (nSPS) is 10.7. The van der Waals surface area contributed by atoms with Crippen LogP contribution >= 0.6 is 0 Å². The summed E-state index contributed by atoms with van der Waals surface area (Å²) in [6.45, 7) is 9.51. The Labute approximate surface area is 151 Å². The summed E-state index contributed by atoms with van der Waals surface area (Å²) in [4.78, 5) is 21.2. The summed E-state index contributed by atoms with van der Waals surface area (Å²) < 4.78 is 5.02. The van der Waals surface area contributed by atoms with Gasteiger partial charge in [-0.2, -0.15) is 0 Å². The van der Waals surface area contributed by atoms with E-state index in [0.717, 1.165) is 22.4 Å². The molecule has 2 aromatic heterocycles. The lowest BCUT2D eigenvalue weighted by atomic mass is 10.0. The second-order valence-corrected chi connectivity index (χ2v) is 6.36. The fourth-order valence-electron chi connectivity index (χ4n) is 2.86. The summed E-state index contributed by atoms with van der Waals surface area (Å²) in [5.41, 5.74) is 4.26. The number of rotatable bonds is 4. The van der Waals surface area contributed by atoms with Gasteiger partial charge in [-0.05, 0) is 45.7 Å². The Kier molecular flexibility index (Phi) is 4.71. The van der Waals surface area contributed by atoms with Gasteiger partial charge in [0.05, 0.1) is 0 Å². The van der Waals surface area contributed by atoms with Gasteiger partial charge >= 0.3 is 0 Å². The van der Waals surface area contributed by atoms with Crippen LogP contribution in [0, 0.1) is 34.6 Å². The Hall–Kier alpha value is -3.22. The highest BCUT2D eigenvalue weighted by atomic mass is 16.5. The molecule has 0 spiro atoms. The third-order valence-electron chi connectivity index (χ3n) is 3.87. The van der Waals surface area contributed by atoms with E-state index < -0.39 is 0 Å². The maximum absolute atomic E-state index is 12.7. The van der Waals surface area contributed by atoms with Crippen LogP contribution in [0.4, 0.5) is 17.3 Å². The Morgan fingerprint density at radius 1 is 0.923 bits per heavy atom. The summed E-state index contributed by atoms with van der Waals surface area (Å²) in [6.07, 6.45) is 0. The van der Waals surface area contributed by atoms with E-state index in [4.69, 9.17) is 4.52 Å². The van der Waals surface area contributed by atoms with Crippen molar-refractivity contribution in [2.24, 2.45) is 0 Å². The molecule has 0 saturated heterocycles. The van der Waals surface area contributed by atoms with Gasteiger partial charge in [-0.3, -0.25) is 4.79 Å². The van der Waals surface area contributed by atoms with Crippen LogP contribution in [-0.2, 0) is 0 Å². The topological polar surface area (TPSA) is 92.9 Å². The SMILES string of the molecule is Cc1cc(C)c(NC(=O)c2cc(Nc3cc(C)on3)nc(C)n2)c(C)c1. The molecule has 0 aliphatic heterocycles. The molecule has 2 N–H and O–H groups in total. The van der Waals surface area contributed by atoms with Crippen LogP contribution < -0.4 is 10.6 Å². The van der Waals surface area contributed by atoms with Gasteiger partial charge < -0.3 is 15.2 Å². The number of nitrogens with zero attached hydrogens (tertiary/aromatic N) is 3. The van der Waals surface area contributed by atoms with Crippen molar-refractivity contribution in [2.75, 3.05) is 10.6 Å². The number of anilines is 3. The number of benzene rings is 1. The highest BCUT2D eigenvalue weighted by molar-refractivity contribution is 6.04. The molecule has 26 heavy (non-hydrogen) atoms. The van der Waals surface area contributed by atoms with E-state index in [1.54, 1.807) is 26.0 Å². The standard InChI is InChI=1S/C19H21N5O2/c1-10-6-11(2)18(12(3)7-10)23-19(25)15-9-16(21-14(5)20-15)22-17-8-13(4)26-24-17/h6-9H,1-5H3,(H,23,25)(H,20,21,22,24). The molecule has 7 heteroatoms. The molecule has 7 nitrogen and oxygen atoms in total. The molecule has 3 rings (SSSR count). The van der Waals surface area contributed by atoms with Crippen LogP contribution in [0.5, 0.6) is 0 Å². The average Bonchev–Trinajstić information content (AvgIpc) is 2.95. The molecule has 0 saturated carbocycles. The van der Waals surface area contributed by atoms with E-state index in [1.165, 1.54) is 0 Å². The molecule has 1 amide bonds. The zero-order valence-electron chi connectivity index (χ0n) is 15.5. The van der Waals surface area contributed by atoms with E-state index in [2.05, 4.69) is 25.8 Å². The first-order chi connectivity index (χ1) is 12.3. The smallest absolute Gasteiger partial charge is 0.274 e. The maximum atomic E-state index is 12.7. The summed E-state index contributed by atoms with van der Waals surface area (Å²) in [5, 5.41) is 9.84. The number of nitrogens with one attached hydrogen (secondary N) is 2. The first kappa shape index (κ1) is 17.6. The van der Waals surface area contributed by atoms with Crippen molar-refractivity contribution in [1.82, 2.24) is 15.1 Å². The summed E-state index contributed by atoms with van der Waals surface area (Å²) >= 11 is 0. The zero-order chi connectivity index (χ0) is 18.8. The van der Waals surface area contributed by atoms with Gasteiger partial charge in [0, 0.05) is 17.8 Å². The number of amides is 1. The molecule has 0 aliphatic carbocycles. The van der Waals surface area contributed by atoms with E-state index in [-0.39, 0.29) is 11.6 Å². The molecule has 0 atom stereocenters. The number of aromatic nitrogens is 3. The molecule has 134 valence electrons. The number of hydrogen-bond acceptors (Lipinski definition) is 6. The van der Waals surface area contributed by atoms with Gasteiger partial charge in [0.25, 0.3) is 5.91 Å². The molecule has 0 unspecified atom stereocenters. The molecule has 2 heterocycles. The van der Waals surface area contributed by atoms with Crippen molar-refractivity contribution < 1.29 is 9.32 Å². The van der Waals surface area contributed by atoms with E-state index in [9.17, 15) is 4.79 Å². The molecule has 0 bridgehead atoms. The highest BCUT2D eigenvalue weighted by Gasteiger charge is 2.14. The minimum absolute atomic E-state index is 0.277. The zero-order valence-corrected chi connectivity index (χ0v) is 15.5. The number of carbonyl (C=O) groups excluding carboxylic acids is 1. The second-order valence-electron chi connectivity index (χ2n) is 6.36. The summed E-state index contributed by atoms with van der Waals surface area (Å²) in [7, 11) is 0. The molecule has 0 aliphatic rings. The van der Waals surface area contributed by atoms with Gasteiger partial charge in [0.1, 0.15) is 23.1 Å². The fraction of sp³-hybridized carbons (Fsp3) is 0.263. The van der Waals surface area contributed by atoms with Gasteiger partial charge in [-0.25, -0.2) is 9.97 Å². The molecule has 3 aromatic rings. The van der Waals surface area contributed by atoms with Crippen molar-refractivity contribution >= 4 is 23.2 Å². The van der Waals surface area contributed by atoms with Gasteiger partial charge in [0.2, 0.25) is 0 Å². The average molecular weight is 351 g/mol. The molecule has 1 aromatic carbocycles. The van der Waals surface area contributed by atoms with Crippen molar-refractivity contribution in [3.63, 3.8) is 0 Å². The molecule has 0 radical (unpaired) electrons. The first-order valence-electron chi connectivity index (χ1n) is 8.27. The Balaban J connectivity index is 1.86. The minimum atomic E-state index is -0.287. The van der Waals surface area contributed by atoms with Crippen molar-refractivity contribution in [2.45, 2.75) is 34.6 Å². The minimum Gasteiger partial charge on any atom is -0.360 e. The van der Waals surface area contributed by atoms with Crippen LogP contribution in [-0.4, -0.2) is 21.0 Å². The quantitative estimate of drug-likeness (QED) is 0.738. The van der Waals surface area contributed by atoms with Crippen LogP contribution in [0.2, 0.25) is 0 Å². The predicted octanol–water partition coefficient (Wildman–Crippen LogP) is 4.00.